The number of carbonyl (C=O) groups is 1. The molecule has 3 aliphatic carbocycles. The quantitative estimate of drug-likeness (QED) is 0.778. The van der Waals surface area contributed by atoms with E-state index in [9.17, 15) is 14.3 Å². The molecule has 7 heteroatoms. The van der Waals surface area contributed by atoms with Crippen LogP contribution in [0.15, 0.2) is 18.2 Å². The number of ether oxygens (including phenoxy) is 1. The molecule has 5 nitrogen and oxygen atoms in total. The van der Waals surface area contributed by atoms with E-state index in [4.69, 9.17) is 22.1 Å². The molecule has 4 rings (SSSR count). The van der Waals surface area contributed by atoms with Gasteiger partial charge in [-0.15, -0.1) is 0 Å². The third-order valence-corrected chi connectivity index (χ3v) is 5.36. The lowest BCUT2D eigenvalue weighted by atomic mass is 9.60. The van der Waals surface area contributed by atoms with Gasteiger partial charge in [-0.2, -0.15) is 0 Å². The van der Waals surface area contributed by atoms with Gasteiger partial charge in [-0.1, -0.05) is 11.6 Å². The molecule has 0 radical (unpaired) electrons. The second-order valence-electron chi connectivity index (χ2n) is 6.65. The highest BCUT2D eigenvalue weighted by Crippen LogP contribution is 2.45. The third-order valence-electron chi connectivity index (χ3n) is 5.05. The summed E-state index contributed by atoms with van der Waals surface area (Å²) in [6, 6.07) is 4.02. The highest BCUT2D eigenvalue weighted by atomic mass is 35.5. The lowest BCUT2D eigenvalue weighted by Gasteiger charge is -2.54. The molecule has 3 fully saturated rings. The van der Waals surface area contributed by atoms with Gasteiger partial charge in [-0.25, -0.2) is 4.39 Å². The summed E-state index contributed by atoms with van der Waals surface area (Å²) in [5.74, 6) is -0.642. The molecule has 4 N–H and O–H groups in total. The molecule has 1 aromatic rings. The number of nitrogens with one attached hydrogen (secondary N) is 1. The van der Waals surface area contributed by atoms with Crippen molar-refractivity contribution in [3.8, 4) is 5.75 Å². The third kappa shape index (κ3) is 3.29. The molecule has 1 aromatic carbocycles. The number of hydrogen-bond donors (Lipinski definition) is 3. The first-order chi connectivity index (χ1) is 10.8. The summed E-state index contributed by atoms with van der Waals surface area (Å²) in [6.45, 7) is -0.216. The summed E-state index contributed by atoms with van der Waals surface area (Å²) in [5.41, 5.74) is 5.24. The Morgan fingerprint density at radius 3 is 2.74 bits per heavy atom. The SMILES string of the molecule is NC12CCC(NC(=O)COc3ccc(Cl)c(F)c3)(CC1)C[C@@H]2O. The summed E-state index contributed by atoms with van der Waals surface area (Å²) >= 11 is 5.59. The zero-order valence-electron chi connectivity index (χ0n) is 12.6. The van der Waals surface area contributed by atoms with Crippen molar-refractivity contribution >= 4 is 17.5 Å². The molecule has 126 valence electrons. The van der Waals surface area contributed by atoms with Gasteiger partial charge in [-0.3, -0.25) is 4.79 Å². The van der Waals surface area contributed by atoms with Crippen LogP contribution in [0.4, 0.5) is 4.39 Å². The fourth-order valence-corrected chi connectivity index (χ4v) is 3.65. The minimum Gasteiger partial charge on any atom is -0.484 e. The zero-order valence-corrected chi connectivity index (χ0v) is 13.4. The first-order valence-electron chi connectivity index (χ1n) is 7.68. The van der Waals surface area contributed by atoms with Crippen molar-refractivity contribution in [1.29, 1.82) is 0 Å². The van der Waals surface area contributed by atoms with E-state index in [2.05, 4.69) is 5.32 Å². The number of hydrogen-bond acceptors (Lipinski definition) is 4. The number of carbonyl (C=O) groups excluding carboxylic acids is 1. The van der Waals surface area contributed by atoms with E-state index in [1.807, 2.05) is 0 Å². The van der Waals surface area contributed by atoms with E-state index in [0.717, 1.165) is 18.9 Å². The van der Waals surface area contributed by atoms with Crippen molar-refractivity contribution in [3.05, 3.63) is 29.0 Å². The van der Waals surface area contributed by atoms with E-state index in [1.54, 1.807) is 0 Å². The van der Waals surface area contributed by atoms with Gasteiger partial charge in [0.25, 0.3) is 5.91 Å². The number of fused-ring (bicyclic) bond motifs is 3. The Morgan fingerprint density at radius 2 is 2.13 bits per heavy atom. The number of rotatable bonds is 4. The number of amides is 1. The van der Waals surface area contributed by atoms with Gasteiger partial charge in [-0.05, 0) is 44.2 Å². The van der Waals surface area contributed by atoms with E-state index < -0.39 is 23.0 Å². The molecule has 0 heterocycles. The molecule has 0 unspecified atom stereocenters. The first kappa shape index (κ1) is 16.5. The average molecular weight is 343 g/mol. The van der Waals surface area contributed by atoms with Crippen molar-refractivity contribution in [2.75, 3.05) is 6.61 Å². The van der Waals surface area contributed by atoms with Crippen molar-refractivity contribution < 1.29 is 19.0 Å². The van der Waals surface area contributed by atoms with Crippen molar-refractivity contribution in [2.24, 2.45) is 5.73 Å². The number of nitrogens with two attached hydrogens (primary N) is 1. The average Bonchev–Trinajstić information content (AvgIpc) is 2.51. The topological polar surface area (TPSA) is 84.6 Å². The molecular weight excluding hydrogens is 323 g/mol. The van der Waals surface area contributed by atoms with Crippen LogP contribution in [-0.2, 0) is 4.79 Å². The van der Waals surface area contributed by atoms with Crippen LogP contribution < -0.4 is 15.8 Å². The van der Waals surface area contributed by atoms with Crippen LogP contribution >= 0.6 is 11.6 Å². The van der Waals surface area contributed by atoms with E-state index in [1.165, 1.54) is 12.1 Å². The van der Waals surface area contributed by atoms with Crippen LogP contribution in [0.1, 0.15) is 32.1 Å². The predicted octanol–water partition coefficient (Wildman–Crippen LogP) is 1.75. The maximum absolute atomic E-state index is 13.3. The summed E-state index contributed by atoms with van der Waals surface area (Å²) in [5, 5.41) is 13.1. The van der Waals surface area contributed by atoms with Gasteiger partial charge in [0.15, 0.2) is 6.61 Å². The van der Waals surface area contributed by atoms with Crippen molar-refractivity contribution in [2.45, 2.75) is 49.3 Å². The maximum Gasteiger partial charge on any atom is 0.258 e. The number of aliphatic hydroxyl groups excluding tert-OH is 1. The molecule has 1 atom stereocenters. The van der Waals surface area contributed by atoms with Crippen LogP contribution in [-0.4, -0.2) is 34.8 Å². The minimum atomic E-state index is -0.600. The lowest BCUT2D eigenvalue weighted by molar-refractivity contribution is -0.128. The van der Waals surface area contributed by atoms with Gasteiger partial charge >= 0.3 is 0 Å². The van der Waals surface area contributed by atoms with E-state index in [0.29, 0.717) is 19.3 Å². The van der Waals surface area contributed by atoms with Gasteiger partial charge < -0.3 is 20.9 Å². The standard InChI is InChI=1S/C16H20ClFN2O3/c17-11-2-1-10(7-12(11)18)23-9-14(22)20-15-3-5-16(19,6-4-15)13(21)8-15/h1-2,7,13,21H,3-6,8-9,19H2,(H,20,22)/t13-,15?,16?/m0/s1. The number of halogens is 2. The minimum absolute atomic E-state index is 0.00403. The largest absolute Gasteiger partial charge is 0.484 e. The molecule has 0 spiro atoms. The fraction of sp³-hybridized carbons (Fsp3) is 0.562. The van der Waals surface area contributed by atoms with Gasteiger partial charge in [0.2, 0.25) is 0 Å². The van der Waals surface area contributed by atoms with Crippen molar-refractivity contribution in [1.82, 2.24) is 5.32 Å². The molecular formula is C16H20ClFN2O3. The molecule has 0 saturated heterocycles. The van der Waals surface area contributed by atoms with Gasteiger partial charge in [0.1, 0.15) is 11.6 Å². The molecule has 23 heavy (non-hydrogen) atoms. The second kappa shape index (κ2) is 5.92. The Kier molecular flexibility index (Phi) is 4.25. The van der Waals surface area contributed by atoms with E-state index in [-0.39, 0.29) is 23.3 Å². The Morgan fingerprint density at radius 1 is 1.43 bits per heavy atom. The summed E-state index contributed by atoms with van der Waals surface area (Å²) in [4.78, 5) is 12.1. The Hall–Kier alpha value is -1.37. The van der Waals surface area contributed by atoms with Crippen LogP contribution in [0.2, 0.25) is 5.02 Å². The molecule has 3 aliphatic rings. The zero-order chi connectivity index (χ0) is 16.7. The highest BCUT2D eigenvalue weighted by Gasteiger charge is 2.52. The summed E-state index contributed by atoms with van der Waals surface area (Å²) in [6.07, 6.45) is 2.75. The lowest BCUT2D eigenvalue weighted by Crippen LogP contribution is -2.68. The summed E-state index contributed by atoms with van der Waals surface area (Å²) < 4.78 is 18.6. The smallest absolute Gasteiger partial charge is 0.258 e. The highest BCUT2D eigenvalue weighted by molar-refractivity contribution is 6.30. The van der Waals surface area contributed by atoms with Crippen LogP contribution in [0, 0.1) is 5.82 Å². The Bertz CT molecular complexity index is 617. The van der Waals surface area contributed by atoms with E-state index >= 15 is 0 Å². The van der Waals surface area contributed by atoms with Gasteiger partial charge in [0.05, 0.1) is 11.1 Å². The van der Waals surface area contributed by atoms with Crippen LogP contribution in [0.3, 0.4) is 0 Å². The molecule has 3 saturated carbocycles. The normalized spacial score (nSPS) is 32.6. The van der Waals surface area contributed by atoms with Crippen molar-refractivity contribution in [3.63, 3.8) is 0 Å². The predicted molar refractivity (Wildman–Crippen MR) is 83.8 cm³/mol. The fourth-order valence-electron chi connectivity index (χ4n) is 3.53. The molecule has 0 aliphatic heterocycles. The Balaban J connectivity index is 1.56. The Labute approximate surface area is 138 Å². The summed E-state index contributed by atoms with van der Waals surface area (Å²) in [7, 11) is 0. The molecule has 2 bridgehead atoms. The van der Waals surface area contributed by atoms with Gasteiger partial charge in [0, 0.05) is 17.1 Å². The van der Waals surface area contributed by atoms with Crippen LogP contribution in [0.5, 0.6) is 5.75 Å². The first-order valence-corrected chi connectivity index (χ1v) is 8.06. The monoisotopic (exact) mass is 342 g/mol. The number of benzene rings is 1. The molecule has 1 amide bonds. The second-order valence-corrected chi connectivity index (χ2v) is 7.05. The van der Waals surface area contributed by atoms with Crippen LogP contribution in [0.25, 0.3) is 0 Å². The number of aliphatic hydroxyl groups is 1. The molecule has 0 aromatic heterocycles. The maximum atomic E-state index is 13.3.